The summed E-state index contributed by atoms with van der Waals surface area (Å²) in [6.45, 7) is 1.34. The third-order valence-electron chi connectivity index (χ3n) is 5.75. The number of benzene rings is 3. The SMILES string of the molecule is O=C(Nc1ccc(N2CCN(C(=O)O)CC2)c(F)c1)c1nnc(Nc2cccc3ccccc23)o1. The number of anilines is 4. The van der Waals surface area contributed by atoms with Gasteiger partial charge in [0.15, 0.2) is 0 Å². The number of aromatic nitrogens is 2. The Hall–Kier alpha value is -4.67. The van der Waals surface area contributed by atoms with Crippen LogP contribution in [-0.4, -0.2) is 58.4 Å². The van der Waals surface area contributed by atoms with E-state index in [1.165, 1.54) is 11.0 Å². The van der Waals surface area contributed by atoms with Crippen LogP contribution < -0.4 is 15.5 Å². The molecule has 0 spiro atoms. The Balaban J connectivity index is 1.24. The minimum absolute atomic E-state index is 0.0496. The van der Waals surface area contributed by atoms with Crippen LogP contribution in [0.2, 0.25) is 0 Å². The van der Waals surface area contributed by atoms with Gasteiger partial charge in [-0.25, -0.2) is 9.18 Å². The van der Waals surface area contributed by atoms with Gasteiger partial charge in [-0.2, -0.15) is 0 Å². The zero-order valence-corrected chi connectivity index (χ0v) is 18.4. The molecule has 1 aromatic heterocycles. The number of hydrogen-bond acceptors (Lipinski definition) is 7. The van der Waals surface area contributed by atoms with Crippen LogP contribution in [0.5, 0.6) is 0 Å². The number of nitrogens with zero attached hydrogens (tertiary/aromatic N) is 4. The van der Waals surface area contributed by atoms with E-state index in [4.69, 9.17) is 9.52 Å². The van der Waals surface area contributed by atoms with Gasteiger partial charge in [-0.1, -0.05) is 41.5 Å². The number of carboxylic acid groups (broad SMARTS) is 1. The van der Waals surface area contributed by atoms with Crippen molar-refractivity contribution < 1.29 is 23.5 Å². The molecule has 11 heteroatoms. The van der Waals surface area contributed by atoms with Crippen LogP contribution in [-0.2, 0) is 0 Å². The second-order valence-corrected chi connectivity index (χ2v) is 7.94. The number of rotatable bonds is 5. The zero-order chi connectivity index (χ0) is 24.4. The maximum atomic E-state index is 14.7. The van der Waals surface area contributed by atoms with E-state index in [1.54, 1.807) is 17.0 Å². The molecule has 2 amide bonds. The molecule has 10 nitrogen and oxygen atoms in total. The summed E-state index contributed by atoms with van der Waals surface area (Å²) in [5, 5.41) is 24.3. The maximum Gasteiger partial charge on any atom is 0.407 e. The van der Waals surface area contributed by atoms with Crippen molar-refractivity contribution in [1.82, 2.24) is 15.1 Å². The van der Waals surface area contributed by atoms with Gasteiger partial charge in [0, 0.05) is 37.3 Å². The van der Waals surface area contributed by atoms with Crippen LogP contribution in [0.15, 0.2) is 65.1 Å². The highest BCUT2D eigenvalue weighted by Gasteiger charge is 2.23. The number of hydrogen-bond donors (Lipinski definition) is 3. The summed E-state index contributed by atoms with van der Waals surface area (Å²) in [6.07, 6.45) is -0.986. The lowest BCUT2D eigenvalue weighted by Gasteiger charge is -2.34. The highest BCUT2D eigenvalue weighted by atomic mass is 19.1. The van der Waals surface area contributed by atoms with E-state index < -0.39 is 17.8 Å². The molecule has 3 N–H and O–H groups in total. The van der Waals surface area contributed by atoms with Crippen molar-refractivity contribution in [2.45, 2.75) is 0 Å². The average Bonchev–Trinajstić information content (AvgIpc) is 3.33. The predicted octanol–water partition coefficient (Wildman–Crippen LogP) is 4.16. The minimum atomic E-state index is -0.986. The molecule has 1 aliphatic heterocycles. The van der Waals surface area contributed by atoms with E-state index in [0.717, 1.165) is 16.5 Å². The normalized spacial score (nSPS) is 13.6. The fourth-order valence-corrected chi connectivity index (χ4v) is 3.98. The molecule has 1 fully saturated rings. The van der Waals surface area contributed by atoms with E-state index in [-0.39, 0.29) is 17.6 Å². The molecule has 0 radical (unpaired) electrons. The van der Waals surface area contributed by atoms with E-state index in [1.807, 2.05) is 42.5 Å². The quantitative estimate of drug-likeness (QED) is 0.392. The van der Waals surface area contributed by atoms with E-state index in [2.05, 4.69) is 20.8 Å². The van der Waals surface area contributed by atoms with E-state index >= 15 is 0 Å². The fraction of sp³-hybridized carbons (Fsp3) is 0.167. The number of fused-ring (bicyclic) bond motifs is 1. The molecule has 35 heavy (non-hydrogen) atoms. The minimum Gasteiger partial charge on any atom is -0.465 e. The lowest BCUT2D eigenvalue weighted by Crippen LogP contribution is -2.48. The predicted molar refractivity (Wildman–Crippen MR) is 128 cm³/mol. The molecule has 3 aromatic carbocycles. The average molecular weight is 476 g/mol. The Morgan fingerprint density at radius 3 is 2.51 bits per heavy atom. The molecule has 0 saturated carbocycles. The smallest absolute Gasteiger partial charge is 0.407 e. The van der Waals surface area contributed by atoms with Crippen molar-refractivity contribution in [2.24, 2.45) is 0 Å². The van der Waals surface area contributed by atoms with Crippen LogP contribution >= 0.6 is 0 Å². The summed E-state index contributed by atoms with van der Waals surface area (Å²) < 4.78 is 20.2. The van der Waals surface area contributed by atoms with Gasteiger partial charge in [0.1, 0.15) is 5.82 Å². The van der Waals surface area contributed by atoms with Gasteiger partial charge in [-0.15, -0.1) is 5.10 Å². The van der Waals surface area contributed by atoms with Gasteiger partial charge in [0.05, 0.1) is 11.4 Å². The summed E-state index contributed by atoms with van der Waals surface area (Å²) >= 11 is 0. The molecule has 1 aliphatic rings. The Kier molecular flexibility index (Phi) is 5.88. The van der Waals surface area contributed by atoms with Crippen molar-refractivity contribution in [3.05, 3.63) is 72.4 Å². The van der Waals surface area contributed by atoms with Crippen molar-refractivity contribution in [3.8, 4) is 0 Å². The molecule has 0 bridgehead atoms. The summed E-state index contributed by atoms with van der Waals surface area (Å²) in [7, 11) is 0. The largest absolute Gasteiger partial charge is 0.465 e. The van der Waals surface area contributed by atoms with Gasteiger partial charge >= 0.3 is 23.9 Å². The van der Waals surface area contributed by atoms with Gasteiger partial charge in [-0.05, 0) is 29.7 Å². The Morgan fingerprint density at radius 1 is 0.971 bits per heavy atom. The van der Waals surface area contributed by atoms with Crippen molar-refractivity contribution in [2.75, 3.05) is 41.7 Å². The lowest BCUT2D eigenvalue weighted by atomic mass is 10.1. The molecule has 1 saturated heterocycles. The number of amides is 2. The zero-order valence-electron chi connectivity index (χ0n) is 18.4. The summed E-state index contributed by atoms with van der Waals surface area (Å²) in [6, 6.07) is 17.9. The highest BCUT2D eigenvalue weighted by molar-refractivity contribution is 6.01. The first kappa shape index (κ1) is 22.1. The number of nitrogens with one attached hydrogen (secondary N) is 2. The molecule has 0 atom stereocenters. The molecule has 2 heterocycles. The monoisotopic (exact) mass is 476 g/mol. The third kappa shape index (κ3) is 4.69. The number of halogens is 1. The van der Waals surface area contributed by atoms with Crippen molar-refractivity contribution >= 4 is 45.8 Å². The maximum absolute atomic E-state index is 14.7. The molecule has 178 valence electrons. The third-order valence-corrected chi connectivity index (χ3v) is 5.75. The summed E-state index contributed by atoms with van der Waals surface area (Å²) in [5.41, 5.74) is 1.31. The molecule has 5 rings (SSSR count). The Morgan fingerprint density at radius 2 is 1.74 bits per heavy atom. The molecular weight excluding hydrogens is 455 g/mol. The lowest BCUT2D eigenvalue weighted by molar-refractivity contribution is 0.0991. The number of piperazine rings is 1. The van der Waals surface area contributed by atoms with Crippen LogP contribution in [0.4, 0.5) is 32.3 Å². The van der Waals surface area contributed by atoms with Gasteiger partial charge in [0.25, 0.3) is 0 Å². The van der Waals surface area contributed by atoms with E-state index in [9.17, 15) is 14.0 Å². The van der Waals surface area contributed by atoms with Crippen LogP contribution in [0.25, 0.3) is 10.8 Å². The summed E-state index contributed by atoms with van der Waals surface area (Å²) in [4.78, 5) is 26.7. The standard InChI is InChI=1S/C24H21FN6O4/c25-18-14-16(8-9-20(18)30-10-12-31(13-11-30)24(33)34)26-21(32)22-28-29-23(35-22)27-19-7-3-5-15-4-1-2-6-17(15)19/h1-9,14H,10-13H2,(H,26,32)(H,27,29)(H,33,34). The van der Waals surface area contributed by atoms with Crippen molar-refractivity contribution in [1.29, 1.82) is 0 Å². The molecule has 0 unspecified atom stereocenters. The molecular formula is C24H21FN6O4. The highest BCUT2D eigenvalue weighted by Crippen LogP contribution is 2.27. The summed E-state index contributed by atoms with van der Waals surface area (Å²) in [5.74, 6) is -1.48. The Bertz CT molecular complexity index is 1390. The Labute approximate surface area is 199 Å². The van der Waals surface area contributed by atoms with Crippen LogP contribution in [0.3, 0.4) is 0 Å². The second-order valence-electron chi connectivity index (χ2n) is 7.94. The first-order chi connectivity index (χ1) is 17.0. The molecule has 0 aliphatic carbocycles. The van der Waals surface area contributed by atoms with E-state index in [0.29, 0.717) is 31.9 Å². The molecule has 4 aromatic rings. The second kappa shape index (κ2) is 9.29. The van der Waals surface area contributed by atoms with Crippen LogP contribution in [0.1, 0.15) is 10.7 Å². The van der Waals surface area contributed by atoms with Gasteiger partial charge in [-0.3, -0.25) is 4.79 Å². The number of carbonyl (C=O) groups is 2. The topological polar surface area (TPSA) is 124 Å². The van der Waals surface area contributed by atoms with Gasteiger partial charge < -0.3 is 30.0 Å². The fourth-order valence-electron chi connectivity index (χ4n) is 3.98. The van der Waals surface area contributed by atoms with Crippen LogP contribution in [0, 0.1) is 5.82 Å². The van der Waals surface area contributed by atoms with Crippen molar-refractivity contribution in [3.63, 3.8) is 0 Å². The van der Waals surface area contributed by atoms with Gasteiger partial charge in [0.2, 0.25) is 0 Å². The number of carbonyl (C=O) groups excluding carboxylic acids is 1. The first-order valence-corrected chi connectivity index (χ1v) is 10.9. The first-order valence-electron chi connectivity index (χ1n) is 10.9.